The highest BCUT2D eigenvalue weighted by atomic mass is 32.2. The van der Waals surface area contributed by atoms with Gasteiger partial charge in [-0.2, -0.15) is 0 Å². The largest absolute Gasteiger partial charge is 0.368 e. The number of hydrogen-bond donors (Lipinski definition) is 1. The summed E-state index contributed by atoms with van der Waals surface area (Å²) in [6.07, 6.45) is 3.29. The van der Waals surface area contributed by atoms with Crippen molar-refractivity contribution in [2.75, 3.05) is 30.8 Å². The first-order valence-corrected chi connectivity index (χ1v) is 7.53. The first-order chi connectivity index (χ1) is 8.17. The summed E-state index contributed by atoms with van der Waals surface area (Å²) in [5.74, 6) is 0. The van der Waals surface area contributed by atoms with Crippen molar-refractivity contribution < 1.29 is 0 Å². The molecule has 0 spiro atoms. The van der Waals surface area contributed by atoms with Crippen molar-refractivity contribution in [3.8, 4) is 0 Å². The molecule has 2 rings (SSSR count). The maximum absolute atomic E-state index is 3.62. The summed E-state index contributed by atoms with van der Waals surface area (Å²) in [5, 5.41) is 3.62. The zero-order valence-electron chi connectivity index (χ0n) is 11.0. The molecule has 3 heteroatoms. The molecule has 0 aliphatic carbocycles. The Labute approximate surface area is 109 Å². The summed E-state index contributed by atoms with van der Waals surface area (Å²) in [7, 11) is 0. The van der Waals surface area contributed by atoms with E-state index >= 15 is 0 Å². The van der Waals surface area contributed by atoms with Crippen molar-refractivity contribution in [3.63, 3.8) is 0 Å². The number of nitrogens with zero attached hydrogens (tertiary/aromatic N) is 1. The van der Waals surface area contributed by atoms with Crippen LogP contribution in [0, 0.1) is 0 Å². The van der Waals surface area contributed by atoms with Crippen LogP contribution in [-0.4, -0.2) is 31.4 Å². The molecule has 94 valence electrons. The van der Waals surface area contributed by atoms with Crippen LogP contribution in [0.2, 0.25) is 0 Å². The van der Waals surface area contributed by atoms with E-state index in [9.17, 15) is 0 Å². The Kier molecular flexibility index (Phi) is 4.00. The molecule has 1 unspecified atom stereocenters. The molecule has 1 aliphatic heterocycles. The van der Waals surface area contributed by atoms with Crippen LogP contribution in [0.4, 0.5) is 5.69 Å². The van der Waals surface area contributed by atoms with E-state index in [-0.39, 0.29) is 5.54 Å². The first-order valence-electron chi connectivity index (χ1n) is 6.31. The summed E-state index contributed by atoms with van der Waals surface area (Å²) in [5.41, 5.74) is 1.61. The number of rotatable bonds is 3. The van der Waals surface area contributed by atoms with Gasteiger partial charge >= 0.3 is 0 Å². The Balaban J connectivity index is 2.10. The normalized spacial score (nSPS) is 25.0. The molecular formula is C14H22N2S. The lowest BCUT2D eigenvalue weighted by molar-refractivity contribution is 0.314. The minimum absolute atomic E-state index is 0.260. The first kappa shape index (κ1) is 12.8. The topological polar surface area (TPSA) is 15.3 Å². The summed E-state index contributed by atoms with van der Waals surface area (Å²) in [6.45, 7) is 7.85. The van der Waals surface area contributed by atoms with Crippen LogP contribution in [0.25, 0.3) is 0 Å². The molecule has 1 aromatic carbocycles. The molecule has 1 aromatic rings. The third-order valence-electron chi connectivity index (χ3n) is 3.69. The predicted octanol–water partition coefficient (Wildman–Crippen LogP) is 2.99. The van der Waals surface area contributed by atoms with E-state index < -0.39 is 0 Å². The van der Waals surface area contributed by atoms with Gasteiger partial charge in [-0.05, 0) is 43.9 Å². The number of benzene rings is 1. The van der Waals surface area contributed by atoms with Crippen molar-refractivity contribution >= 4 is 17.4 Å². The van der Waals surface area contributed by atoms with Crippen LogP contribution < -0.4 is 10.2 Å². The highest BCUT2D eigenvalue weighted by molar-refractivity contribution is 7.98. The predicted molar refractivity (Wildman–Crippen MR) is 77.1 cm³/mol. The standard InChI is InChI=1S/C14H22N2S/c1-4-14(2)11-16(10-9-15-14)12-5-7-13(17-3)8-6-12/h5-8,15H,4,9-11H2,1-3H3. The lowest BCUT2D eigenvalue weighted by atomic mass is 9.95. The summed E-state index contributed by atoms with van der Waals surface area (Å²) >= 11 is 1.80. The zero-order valence-corrected chi connectivity index (χ0v) is 11.8. The molecule has 1 fully saturated rings. The smallest absolute Gasteiger partial charge is 0.0368 e. The summed E-state index contributed by atoms with van der Waals surface area (Å²) < 4.78 is 0. The highest BCUT2D eigenvalue weighted by Crippen LogP contribution is 2.24. The maximum Gasteiger partial charge on any atom is 0.0368 e. The SMILES string of the molecule is CCC1(C)CN(c2ccc(SC)cc2)CCN1. The fraction of sp³-hybridized carbons (Fsp3) is 0.571. The summed E-state index contributed by atoms with van der Waals surface area (Å²) in [6, 6.07) is 8.91. The molecule has 0 amide bonds. The second-order valence-corrected chi connectivity index (χ2v) is 5.84. The van der Waals surface area contributed by atoms with Crippen molar-refractivity contribution in [2.45, 2.75) is 30.7 Å². The molecule has 1 N–H and O–H groups in total. The molecular weight excluding hydrogens is 228 g/mol. The molecule has 0 bridgehead atoms. The van der Waals surface area contributed by atoms with Gasteiger partial charge in [0.2, 0.25) is 0 Å². The molecule has 0 radical (unpaired) electrons. The van der Waals surface area contributed by atoms with E-state index in [2.05, 4.69) is 54.6 Å². The third-order valence-corrected chi connectivity index (χ3v) is 4.43. The van der Waals surface area contributed by atoms with Crippen molar-refractivity contribution in [2.24, 2.45) is 0 Å². The Bertz CT molecular complexity index is 363. The van der Waals surface area contributed by atoms with E-state index in [0.717, 1.165) is 19.6 Å². The van der Waals surface area contributed by atoms with Crippen LogP contribution in [0.3, 0.4) is 0 Å². The van der Waals surface area contributed by atoms with Gasteiger partial charge in [-0.1, -0.05) is 6.92 Å². The van der Waals surface area contributed by atoms with E-state index in [0.29, 0.717) is 0 Å². The molecule has 17 heavy (non-hydrogen) atoms. The van der Waals surface area contributed by atoms with Crippen LogP contribution in [-0.2, 0) is 0 Å². The van der Waals surface area contributed by atoms with E-state index in [1.807, 2.05) is 0 Å². The van der Waals surface area contributed by atoms with Crippen molar-refractivity contribution in [1.82, 2.24) is 5.32 Å². The lowest BCUT2D eigenvalue weighted by Crippen LogP contribution is -2.58. The molecule has 0 aromatic heterocycles. The monoisotopic (exact) mass is 250 g/mol. The van der Waals surface area contributed by atoms with Crippen LogP contribution in [0.15, 0.2) is 29.2 Å². The highest BCUT2D eigenvalue weighted by Gasteiger charge is 2.28. The van der Waals surface area contributed by atoms with Crippen LogP contribution in [0.5, 0.6) is 0 Å². The fourth-order valence-electron chi connectivity index (χ4n) is 2.30. The minimum Gasteiger partial charge on any atom is -0.368 e. The number of anilines is 1. The molecule has 1 atom stereocenters. The Morgan fingerprint density at radius 1 is 1.35 bits per heavy atom. The zero-order chi connectivity index (χ0) is 12.3. The van der Waals surface area contributed by atoms with Gasteiger partial charge in [-0.25, -0.2) is 0 Å². The maximum atomic E-state index is 3.62. The van der Waals surface area contributed by atoms with Gasteiger partial charge in [0, 0.05) is 35.8 Å². The van der Waals surface area contributed by atoms with Gasteiger partial charge in [0.25, 0.3) is 0 Å². The number of piperazine rings is 1. The lowest BCUT2D eigenvalue weighted by Gasteiger charge is -2.42. The Hall–Kier alpha value is -0.670. The van der Waals surface area contributed by atoms with Crippen LogP contribution >= 0.6 is 11.8 Å². The van der Waals surface area contributed by atoms with E-state index in [4.69, 9.17) is 0 Å². The molecule has 0 saturated carbocycles. The molecule has 1 heterocycles. The average molecular weight is 250 g/mol. The second-order valence-electron chi connectivity index (χ2n) is 4.96. The van der Waals surface area contributed by atoms with Gasteiger partial charge in [0.05, 0.1) is 0 Å². The Morgan fingerprint density at radius 2 is 2.06 bits per heavy atom. The quantitative estimate of drug-likeness (QED) is 0.830. The fourth-order valence-corrected chi connectivity index (χ4v) is 2.71. The minimum atomic E-state index is 0.260. The van der Waals surface area contributed by atoms with E-state index in [1.165, 1.54) is 17.0 Å². The van der Waals surface area contributed by atoms with Gasteiger partial charge < -0.3 is 10.2 Å². The third kappa shape index (κ3) is 2.96. The van der Waals surface area contributed by atoms with Crippen molar-refractivity contribution in [3.05, 3.63) is 24.3 Å². The Morgan fingerprint density at radius 3 is 2.65 bits per heavy atom. The number of hydrogen-bond acceptors (Lipinski definition) is 3. The van der Waals surface area contributed by atoms with Crippen LogP contribution in [0.1, 0.15) is 20.3 Å². The van der Waals surface area contributed by atoms with Gasteiger partial charge in [0.1, 0.15) is 0 Å². The van der Waals surface area contributed by atoms with Gasteiger partial charge in [-0.15, -0.1) is 11.8 Å². The molecule has 1 saturated heterocycles. The summed E-state index contributed by atoms with van der Waals surface area (Å²) in [4.78, 5) is 3.83. The van der Waals surface area contributed by atoms with Crippen molar-refractivity contribution in [1.29, 1.82) is 0 Å². The average Bonchev–Trinajstić information content (AvgIpc) is 2.39. The molecule has 2 nitrogen and oxygen atoms in total. The van der Waals surface area contributed by atoms with Gasteiger partial charge in [-0.3, -0.25) is 0 Å². The molecule has 1 aliphatic rings. The number of thioether (sulfide) groups is 1. The van der Waals surface area contributed by atoms with E-state index in [1.54, 1.807) is 11.8 Å². The van der Waals surface area contributed by atoms with Gasteiger partial charge in [0.15, 0.2) is 0 Å². The number of nitrogens with one attached hydrogen (secondary N) is 1. The second kappa shape index (κ2) is 5.32.